The molecule has 1 aliphatic carbocycles. The second-order valence-electron chi connectivity index (χ2n) is 13.1. The smallest absolute Gasteiger partial charge is 0.374 e. The van der Waals surface area contributed by atoms with Crippen molar-refractivity contribution in [2.24, 2.45) is 11.3 Å². The van der Waals surface area contributed by atoms with Gasteiger partial charge in [0.05, 0.1) is 11.9 Å². The van der Waals surface area contributed by atoms with E-state index in [1.54, 1.807) is 12.1 Å². The van der Waals surface area contributed by atoms with Crippen LogP contribution in [0.5, 0.6) is 0 Å². The highest BCUT2D eigenvalue weighted by Crippen LogP contribution is 2.44. The third-order valence-electron chi connectivity index (χ3n) is 9.78. The number of halogens is 3. The highest BCUT2D eigenvalue weighted by molar-refractivity contribution is 7.77. The van der Waals surface area contributed by atoms with Crippen LogP contribution in [-0.4, -0.2) is 75.6 Å². The van der Waals surface area contributed by atoms with Gasteiger partial charge in [-0.3, -0.25) is 9.45 Å². The topological polar surface area (TPSA) is 84.8 Å². The number of rotatable bonds is 9. The average molecular weight is 631 g/mol. The van der Waals surface area contributed by atoms with Gasteiger partial charge in [-0.05, 0) is 92.9 Å². The van der Waals surface area contributed by atoms with Crippen molar-refractivity contribution in [3.8, 4) is 0 Å². The summed E-state index contributed by atoms with van der Waals surface area (Å²) < 4.78 is 61.8. The number of benzene rings is 2. The number of likely N-dealkylation sites (tertiary alicyclic amines) is 1. The number of nitrogens with one attached hydrogen (secondary N) is 1. The average Bonchev–Trinajstić information content (AvgIpc) is 2.96. The number of hydrogen-bond donors (Lipinski definition) is 2. The van der Waals surface area contributed by atoms with Crippen LogP contribution in [-0.2, 0) is 24.2 Å². The van der Waals surface area contributed by atoms with Gasteiger partial charge in [0, 0.05) is 55.8 Å². The normalized spacial score (nSPS) is 23.1. The predicted octanol–water partition coefficient (Wildman–Crippen LogP) is 5.56. The van der Waals surface area contributed by atoms with Crippen LogP contribution in [0.15, 0.2) is 48.8 Å². The molecule has 6 rings (SSSR count). The second-order valence-corrected chi connectivity index (χ2v) is 13.8. The quantitative estimate of drug-likeness (QED) is 0.300. The summed E-state index contributed by atoms with van der Waals surface area (Å²) in [5.74, 6) is 1.33. The summed E-state index contributed by atoms with van der Waals surface area (Å²) in [4.78, 5) is 15.8. The van der Waals surface area contributed by atoms with E-state index in [4.69, 9.17) is 4.55 Å². The summed E-state index contributed by atoms with van der Waals surface area (Å²) in [6.45, 7) is 5.70. The molecule has 44 heavy (non-hydrogen) atoms. The Morgan fingerprint density at radius 2 is 1.70 bits per heavy atom. The maximum atomic E-state index is 13.0. The molecular weight excluding hydrogens is 589 g/mol. The van der Waals surface area contributed by atoms with Crippen molar-refractivity contribution in [1.29, 1.82) is 0 Å². The van der Waals surface area contributed by atoms with Crippen LogP contribution in [0.4, 0.5) is 24.7 Å². The molecular formula is C32H41F3N6O2S. The van der Waals surface area contributed by atoms with E-state index in [1.165, 1.54) is 23.6 Å². The van der Waals surface area contributed by atoms with E-state index in [1.807, 2.05) is 0 Å². The van der Waals surface area contributed by atoms with Crippen LogP contribution in [0.25, 0.3) is 10.9 Å². The molecule has 1 aromatic heterocycles. The highest BCUT2D eigenvalue weighted by Gasteiger charge is 2.45. The number of alkyl halides is 3. The molecule has 0 bridgehead atoms. The van der Waals surface area contributed by atoms with Crippen LogP contribution >= 0.6 is 0 Å². The minimum Gasteiger partial charge on any atom is -0.374 e. The van der Waals surface area contributed by atoms with E-state index in [0.29, 0.717) is 16.8 Å². The lowest BCUT2D eigenvalue weighted by Gasteiger charge is -2.54. The molecule has 1 atom stereocenters. The Labute approximate surface area is 259 Å². The molecule has 2 saturated heterocycles. The van der Waals surface area contributed by atoms with Gasteiger partial charge in [-0.2, -0.15) is 13.2 Å². The Balaban J connectivity index is 0.973. The van der Waals surface area contributed by atoms with Crippen molar-refractivity contribution < 1.29 is 21.9 Å². The molecule has 3 aromatic rings. The summed E-state index contributed by atoms with van der Waals surface area (Å²) in [5, 5.41) is 0.692. The lowest BCUT2D eigenvalue weighted by atomic mass is 9.72. The zero-order valence-corrected chi connectivity index (χ0v) is 25.9. The molecule has 1 unspecified atom stereocenters. The Morgan fingerprint density at radius 3 is 2.36 bits per heavy atom. The van der Waals surface area contributed by atoms with Crippen LogP contribution < -0.4 is 14.5 Å². The molecule has 3 heterocycles. The zero-order chi connectivity index (χ0) is 30.9. The van der Waals surface area contributed by atoms with Gasteiger partial charge in [-0.1, -0.05) is 18.2 Å². The Morgan fingerprint density at radius 1 is 1.02 bits per heavy atom. The fourth-order valence-electron chi connectivity index (χ4n) is 7.31. The van der Waals surface area contributed by atoms with Gasteiger partial charge < -0.3 is 9.80 Å². The number of anilines is 2. The molecule has 12 heteroatoms. The third-order valence-corrected chi connectivity index (χ3v) is 10.3. The van der Waals surface area contributed by atoms with Crippen LogP contribution in [0.2, 0.25) is 0 Å². The van der Waals surface area contributed by atoms with Gasteiger partial charge in [0.15, 0.2) is 0 Å². The molecule has 238 valence electrons. The van der Waals surface area contributed by atoms with Gasteiger partial charge in [-0.15, -0.1) is 0 Å². The maximum absolute atomic E-state index is 13.0. The molecule has 2 aliphatic heterocycles. The number of fused-ring (bicyclic) bond motifs is 1. The molecule has 1 spiro atoms. The first-order chi connectivity index (χ1) is 21.0. The third kappa shape index (κ3) is 7.52. The first-order valence-corrected chi connectivity index (χ1v) is 16.6. The minimum absolute atomic E-state index is 0.136. The molecule has 2 N–H and O–H groups in total. The molecule has 8 nitrogen and oxygen atoms in total. The van der Waals surface area contributed by atoms with Crippen molar-refractivity contribution >= 4 is 33.7 Å². The lowest BCUT2D eigenvalue weighted by molar-refractivity contribution is -0.127. The fourth-order valence-corrected chi connectivity index (χ4v) is 7.83. The van der Waals surface area contributed by atoms with Gasteiger partial charge in [-0.25, -0.2) is 18.9 Å². The summed E-state index contributed by atoms with van der Waals surface area (Å²) in [5.41, 5.74) is 3.65. The number of aromatic nitrogens is 2. The Kier molecular flexibility index (Phi) is 9.15. The van der Waals surface area contributed by atoms with Crippen molar-refractivity contribution in [2.45, 2.75) is 63.7 Å². The molecule has 0 radical (unpaired) electrons. The summed E-state index contributed by atoms with van der Waals surface area (Å²) in [7, 11) is 2.14. The van der Waals surface area contributed by atoms with E-state index in [9.17, 15) is 17.4 Å². The van der Waals surface area contributed by atoms with E-state index in [2.05, 4.69) is 60.7 Å². The molecule has 1 saturated carbocycles. The van der Waals surface area contributed by atoms with Gasteiger partial charge in [0.1, 0.15) is 12.1 Å². The molecule has 0 amide bonds. The summed E-state index contributed by atoms with van der Waals surface area (Å²) in [6.07, 6.45) is 2.48. The Hall–Kier alpha value is -2.80. The highest BCUT2D eigenvalue weighted by atomic mass is 32.2. The lowest BCUT2D eigenvalue weighted by Crippen LogP contribution is -2.60. The Bertz CT molecular complexity index is 1450. The van der Waals surface area contributed by atoms with E-state index >= 15 is 0 Å². The predicted molar refractivity (Wildman–Crippen MR) is 168 cm³/mol. The van der Waals surface area contributed by atoms with Gasteiger partial charge in [0.25, 0.3) is 0 Å². The number of piperidine rings is 1. The first kappa shape index (κ1) is 31.2. The van der Waals surface area contributed by atoms with Crippen molar-refractivity contribution in [3.63, 3.8) is 0 Å². The van der Waals surface area contributed by atoms with Crippen LogP contribution in [0.1, 0.15) is 49.7 Å². The van der Waals surface area contributed by atoms with Crippen molar-refractivity contribution in [1.82, 2.24) is 19.6 Å². The summed E-state index contributed by atoms with van der Waals surface area (Å²) in [6, 6.07) is 13.8. The fraction of sp³-hybridized carbons (Fsp3) is 0.562. The molecule has 3 aliphatic rings. The van der Waals surface area contributed by atoms with Crippen molar-refractivity contribution in [2.75, 3.05) is 49.6 Å². The number of nitrogens with zero attached hydrogens (tertiary/aromatic N) is 5. The van der Waals surface area contributed by atoms with Gasteiger partial charge in [0.2, 0.25) is 11.3 Å². The van der Waals surface area contributed by atoms with E-state index in [-0.39, 0.29) is 17.0 Å². The van der Waals surface area contributed by atoms with Gasteiger partial charge >= 0.3 is 6.18 Å². The minimum atomic E-state index is -4.25. The monoisotopic (exact) mass is 630 g/mol. The standard InChI is InChI=1S/C32H41F3N6O2S/c1-39(18-23-2-7-26(8-3-23)38-44(42)43)27-9-4-24(5-10-27)19-40-14-12-31(13-15-40)20-41(21-31)30-28-16-25(17-32(33,34)35)6-11-29(28)36-22-37-30/h4-6,9-11,16,22-23,26,38H,2-3,7-8,12-15,17-21H2,1H3,(H,42,43). The number of hydrogen-bond acceptors (Lipinski definition) is 6. The molecule has 3 fully saturated rings. The SMILES string of the molecule is CN(CC1CCC(NS(=O)O)CC1)c1ccc(CN2CCC3(CC2)CN(c2ncnc4ccc(CC(F)(F)F)cc24)C3)cc1. The van der Waals surface area contributed by atoms with Crippen molar-refractivity contribution in [3.05, 3.63) is 59.9 Å². The first-order valence-electron chi connectivity index (χ1n) is 15.5. The van der Waals surface area contributed by atoms with Crippen LogP contribution in [0.3, 0.4) is 0 Å². The zero-order valence-electron chi connectivity index (χ0n) is 25.1. The largest absolute Gasteiger partial charge is 0.393 e. The van der Waals surface area contributed by atoms with Crippen LogP contribution in [0, 0.1) is 11.3 Å². The van der Waals surface area contributed by atoms with E-state index < -0.39 is 23.9 Å². The molecule has 2 aromatic carbocycles. The second kappa shape index (κ2) is 12.9. The maximum Gasteiger partial charge on any atom is 0.393 e. The summed E-state index contributed by atoms with van der Waals surface area (Å²) >= 11 is -1.94. The van der Waals surface area contributed by atoms with E-state index in [0.717, 1.165) is 83.6 Å².